The van der Waals surface area contributed by atoms with E-state index in [2.05, 4.69) is 38.1 Å². The first kappa shape index (κ1) is 23.9. The quantitative estimate of drug-likeness (QED) is 0.301. The van der Waals surface area contributed by atoms with Crippen LogP contribution in [0.2, 0.25) is 0 Å². The number of hydrogen-bond donors (Lipinski definition) is 0. The van der Waals surface area contributed by atoms with Crippen molar-refractivity contribution >= 4 is 0 Å². The molecule has 0 aliphatic heterocycles. The normalized spacial score (nSPS) is 27.3. The van der Waals surface area contributed by atoms with Gasteiger partial charge in [-0.3, -0.25) is 0 Å². The smallest absolute Gasteiger partial charge is 0.0276 e. The fraction of sp³-hybridized carbons (Fsp3) is 0.800. The van der Waals surface area contributed by atoms with E-state index in [1.165, 1.54) is 95.5 Å². The lowest BCUT2D eigenvalue weighted by Crippen LogP contribution is -2.26. The standard InChI is InChI=1S/C30H50/c1-3-5-7-9-25-11-13-27(14-12-25)15-16-28-19-23-30(24-20-28)29-21-17-26(18-22-29)10-8-6-4-2/h11-14,26,28-30H,3-10,15-24H2,1-2H3/t26-,28-,29-,30-. The number of aryl methyl sites for hydroxylation is 2. The van der Waals surface area contributed by atoms with Crippen LogP contribution < -0.4 is 0 Å². The van der Waals surface area contributed by atoms with E-state index in [-0.39, 0.29) is 0 Å². The molecular weight excluding hydrogens is 360 g/mol. The Labute approximate surface area is 188 Å². The summed E-state index contributed by atoms with van der Waals surface area (Å²) in [7, 11) is 0. The van der Waals surface area contributed by atoms with E-state index in [0.717, 1.165) is 23.7 Å². The van der Waals surface area contributed by atoms with Crippen molar-refractivity contribution in [2.24, 2.45) is 23.7 Å². The lowest BCUT2D eigenvalue weighted by molar-refractivity contribution is 0.140. The molecule has 0 heterocycles. The highest BCUT2D eigenvalue weighted by molar-refractivity contribution is 5.22. The van der Waals surface area contributed by atoms with E-state index >= 15 is 0 Å². The molecular formula is C30H50. The molecule has 3 rings (SSSR count). The first-order chi connectivity index (χ1) is 14.8. The van der Waals surface area contributed by atoms with Gasteiger partial charge in [0.05, 0.1) is 0 Å². The Morgan fingerprint density at radius 1 is 0.533 bits per heavy atom. The molecule has 2 aliphatic carbocycles. The summed E-state index contributed by atoms with van der Waals surface area (Å²) in [5, 5.41) is 0. The van der Waals surface area contributed by atoms with Crippen molar-refractivity contribution in [3.63, 3.8) is 0 Å². The second kappa shape index (κ2) is 13.6. The summed E-state index contributed by atoms with van der Waals surface area (Å²) < 4.78 is 0. The fourth-order valence-electron chi connectivity index (χ4n) is 6.40. The molecule has 0 radical (unpaired) electrons. The van der Waals surface area contributed by atoms with Gasteiger partial charge < -0.3 is 0 Å². The predicted octanol–water partition coefficient (Wildman–Crippen LogP) is 9.54. The highest BCUT2D eigenvalue weighted by Crippen LogP contribution is 2.43. The molecule has 0 saturated heterocycles. The maximum atomic E-state index is 2.41. The third-order valence-corrected chi connectivity index (χ3v) is 8.60. The lowest BCUT2D eigenvalue weighted by Gasteiger charge is -2.38. The first-order valence-electron chi connectivity index (χ1n) is 13.9. The molecule has 0 N–H and O–H groups in total. The molecule has 1 aromatic carbocycles. The van der Waals surface area contributed by atoms with E-state index in [1.807, 2.05) is 0 Å². The predicted molar refractivity (Wildman–Crippen MR) is 133 cm³/mol. The van der Waals surface area contributed by atoms with E-state index < -0.39 is 0 Å². The average Bonchev–Trinajstić information content (AvgIpc) is 2.80. The van der Waals surface area contributed by atoms with E-state index in [0.29, 0.717) is 0 Å². The highest BCUT2D eigenvalue weighted by atomic mass is 14.4. The summed E-state index contributed by atoms with van der Waals surface area (Å²) in [6.07, 6.45) is 26.1. The zero-order chi connectivity index (χ0) is 21.0. The second-order valence-corrected chi connectivity index (χ2v) is 10.9. The Morgan fingerprint density at radius 3 is 1.53 bits per heavy atom. The van der Waals surface area contributed by atoms with Gasteiger partial charge in [0.15, 0.2) is 0 Å². The van der Waals surface area contributed by atoms with Gasteiger partial charge in [-0.15, -0.1) is 0 Å². The van der Waals surface area contributed by atoms with Crippen molar-refractivity contribution in [3.05, 3.63) is 35.4 Å². The maximum Gasteiger partial charge on any atom is -0.0276 e. The third kappa shape index (κ3) is 8.05. The lowest BCUT2D eigenvalue weighted by atomic mass is 9.68. The van der Waals surface area contributed by atoms with Crippen molar-refractivity contribution in [1.29, 1.82) is 0 Å². The van der Waals surface area contributed by atoms with Gasteiger partial charge in [-0.25, -0.2) is 0 Å². The van der Waals surface area contributed by atoms with Crippen molar-refractivity contribution in [2.75, 3.05) is 0 Å². The van der Waals surface area contributed by atoms with Crippen LogP contribution in [-0.2, 0) is 12.8 Å². The maximum absolute atomic E-state index is 2.41. The van der Waals surface area contributed by atoms with Crippen LogP contribution in [0.25, 0.3) is 0 Å². The summed E-state index contributed by atoms with van der Waals surface area (Å²) in [6, 6.07) is 9.60. The molecule has 0 spiro atoms. The van der Waals surface area contributed by atoms with Crippen LogP contribution in [0.3, 0.4) is 0 Å². The molecule has 2 saturated carbocycles. The molecule has 30 heavy (non-hydrogen) atoms. The van der Waals surface area contributed by atoms with E-state index in [9.17, 15) is 0 Å². The fourth-order valence-corrected chi connectivity index (χ4v) is 6.40. The number of rotatable bonds is 12. The summed E-state index contributed by atoms with van der Waals surface area (Å²) >= 11 is 0. The molecule has 0 nitrogen and oxygen atoms in total. The second-order valence-electron chi connectivity index (χ2n) is 10.9. The topological polar surface area (TPSA) is 0 Å². The Kier molecular flexibility index (Phi) is 10.8. The Bertz CT molecular complexity index is 540. The van der Waals surface area contributed by atoms with Crippen LogP contribution in [0.15, 0.2) is 24.3 Å². The monoisotopic (exact) mass is 410 g/mol. The SMILES string of the molecule is CCCCCc1ccc(CC[C@H]2CC[C@H]([C@H]3CC[C@H](CCCCC)CC3)CC2)cc1. The van der Waals surface area contributed by atoms with Crippen LogP contribution in [-0.4, -0.2) is 0 Å². The summed E-state index contributed by atoms with van der Waals surface area (Å²) in [4.78, 5) is 0. The minimum absolute atomic E-state index is 0.996. The molecule has 2 aliphatic rings. The van der Waals surface area contributed by atoms with Gasteiger partial charge in [0.25, 0.3) is 0 Å². The zero-order valence-corrected chi connectivity index (χ0v) is 20.3. The van der Waals surface area contributed by atoms with Gasteiger partial charge in [-0.05, 0) is 86.2 Å². The molecule has 0 atom stereocenters. The van der Waals surface area contributed by atoms with Crippen LogP contribution in [0.5, 0.6) is 0 Å². The average molecular weight is 411 g/mol. The molecule has 170 valence electrons. The molecule has 0 bridgehead atoms. The van der Waals surface area contributed by atoms with Gasteiger partial charge in [0.1, 0.15) is 0 Å². The van der Waals surface area contributed by atoms with Crippen molar-refractivity contribution in [2.45, 2.75) is 129 Å². The third-order valence-electron chi connectivity index (χ3n) is 8.60. The number of unbranched alkanes of at least 4 members (excludes halogenated alkanes) is 4. The van der Waals surface area contributed by atoms with Crippen molar-refractivity contribution in [1.82, 2.24) is 0 Å². The van der Waals surface area contributed by atoms with Crippen LogP contribution in [0.1, 0.15) is 128 Å². The first-order valence-corrected chi connectivity index (χ1v) is 13.9. The Balaban J connectivity index is 1.29. The van der Waals surface area contributed by atoms with Gasteiger partial charge >= 0.3 is 0 Å². The molecule has 2 fully saturated rings. The van der Waals surface area contributed by atoms with Gasteiger partial charge in [-0.2, -0.15) is 0 Å². The van der Waals surface area contributed by atoms with Crippen molar-refractivity contribution in [3.8, 4) is 0 Å². The Hall–Kier alpha value is -0.780. The molecule has 0 heteroatoms. The minimum Gasteiger partial charge on any atom is -0.0654 e. The minimum atomic E-state index is 0.996. The largest absolute Gasteiger partial charge is 0.0654 e. The van der Waals surface area contributed by atoms with Crippen molar-refractivity contribution < 1.29 is 0 Å². The highest BCUT2D eigenvalue weighted by Gasteiger charge is 2.30. The number of hydrogen-bond acceptors (Lipinski definition) is 0. The van der Waals surface area contributed by atoms with E-state index in [4.69, 9.17) is 0 Å². The van der Waals surface area contributed by atoms with Crippen LogP contribution >= 0.6 is 0 Å². The molecule has 1 aromatic rings. The van der Waals surface area contributed by atoms with E-state index in [1.54, 1.807) is 31.2 Å². The zero-order valence-electron chi connectivity index (χ0n) is 20.3. The summed E-state index contributed by atoms with van der Waals surface area (Å²) in [5.41, 5.74) is 3.10. The van der Waals surface area contributed by atoms with Crippen LogP contribution in [0, 0.1) is 23.7 Å². The molecule has 0 unspecified atom stereocenters. The van der Waals surface area contributed by atoms with Crippen LogP contribution in [0.4, 0.5) is 0 Å². The Morgan fingerprint density at radius 2 is 1.00 bits per heavy atom. The molecule has 0 amide bonds. The summed E-state index contributed by atoms with van der Waals surface area (Å²) in [6.45, 7) is 4.62. The van der Waals surface area contributed by atoms with Gasteiger partial charge in [0, 0.05) is 0 Å². The summed E-state index contributed by atoms with van der Waals surface area (Å²) in [5.74, 6) is 4.21. The van der Waals surface area contributed by atoms with Gasteiger partial charge in [0.2, 0.25) is 0 Å². The van der Waals surface area contributed by atoms with Gasteiger partial charge in [-0.1, -0.05) is 102 Å². The number of benzene rings is 1. The molecule has 0 aromatic heterocycles.